The molecule has 2 aromatic rings. The number of nitrogens with two attached hydrogens (primary N) is 1. The van der Waals surface area contributed by atoms with Crippen LogP contribution in [0.4, 0.5) is 4.79 Å². The Morgan fingerprint density at radius 3 is 2.37 bits per heavy atom. The van der Waals surface area contributed by atoms with Crippen molar-refractivity contribution in [3.63, 3.8) is 0 Å². The molecule has 1 amide bonds. The average Bonchev–Trinajstić information content (AvgIpc) is 2.79. The Kier molecular flexibility index (Phi) is 8.58. The van der Waals surface area contributed by atoms with E-state index in [1.54, 1.807) is 4.90 Å². The molecule has 0 radical (unpaired) electrons. The fourth-order valence-corrected chi connectivity index (χ4v) is 5.50. The number of piperidine rings is 1. The lowest BCUT2D eigenvalue weighted by molar-refractivity contribution is -0.00635. The zero-order valence-corrected chi connectivity index (χ0v) is 22.8. The van der Waals surface area contributed by atoms with Crippen molar-refractivity contribution in [3.8, 4) is 11.1 Å². The minimum absolute atomic E-state index is 0.261. The molecule has 0 bridgehead atoms. The maximum atomic E-state index is 13.3. The molecule has 0 saturated carbocycles. The highest BCUT2D eigenvalue weighted by Crippen LogP contribution is 2.34. The zero-order chi connectivity index (χ0) is 25.9. The van der Waals surface area contributed by atoms with Gasteiger partial charge in [0.2, 0.25) is 0 Å². The van der Waals surface area contributed by atoms with E-state index < -0.39 is 27.2 Å². The molecule has 1 fully saturated rings. The normalized spacial score (nSPS) is 22.1. The fraction of sp³-hybridized carbons (Fsp3) is 0.536. The minimum Gasteiger partial charge on any atom is -0.598 e. The summed E-state index contributed by atoms with van der Waals surface area (Å²) in [7, 11) is 0. The zero-order valence-electron chi connectivity index (χ0n) is 22.0. The summed E-state index contributed by atoms with van der Waals surface area (Å²) in [4.78, 5) is 15.1. The van der Waals surface area contributed by atoms with Crippen molar-refractivity contribution in [2.75, 3.05) is 13.1 Å². The molecular weight excluding hydrogens is 458 g/mol. The predicted molar refractivity (Wildman–Crippen MR) is 144 cm³/mol. The number of nitrogens with one attached hydrogen (secondary N) is 1. The molecule has 1 heterocycles. The highest BCUT2D eigenvalue weighted by molar-refractivity contribution is 7.90. The lowest BCUT2D eigenvalue weighted by atomic mass is 9.78. The third-order valence-corrected chi connectivity index (χ3v) is 8.05. The van der Waals surface area contributed by atoms with Gasteiger partial charge in [-0.15, -0.1) is 4.72 Å². The van der Waals surface area contributed by atoms with E-state index in [9.17, 15) is 9.35 Å². The lowest BCUT2D eigenvalue weighted by Crippen LogP contribution is -2.71. The summed E-state index contributed by atoms with van der Waals surface area (Å²) in [5.41, 5.74) is 8.45. The molecule has 35 heavy (non-hydrogen) atoms. The van der Waals surface area contributed by atoms with Crippen molar-refractivity contribution in [3.05, 3.63) is 60.2 Å². The van der Waals surface area contributed by atoms with Crippen LogP contribution in [0.2, 0.25) is 0 Å². The number of benzene rings is 2. The topological polar surface area (TPSA) is 90.7 Å². The number of carbonyl (C=O) groups excluding carboxylic acids is 1. The third-order valence-electron chi connectivity index (χ3n) is 6.34. The Hall–Kier alpha value is -2.06. The van der Waals surface area contributed by atoms with Crippen LogP contribution >= 0.6 is 0 Å². The molecule has 6 nitrogen and oxygen atoms in total. The van der Waals surface area contributed by atoms with Crippen molar-refractivity contribution >= 4 is 17.5 Å². The van der Waals surface area contributed by atoms with Crippen molar-refractivity contribution in [1.29, 1.82) is 0 Å². The van der Waals surface area contributed by atoms with Gasteiger partial charge in [0, 0.05) is 24.5 Å². The van der Waals surface area contributed by atoms with Crippen LogP contribution in [0.1, 0.15) is 59.9 Å². The number of carbonyl (C=O) groups is 1. The third kappa shape index (κ3) is 7.00. The van der Waals surface area contributed by atoms with Crippen LogP contribution in [0.15, 0.2) is 54.6 Å². The van der Waals surface area contributed by atoms with Crippen molar-refractivity contribution < 1.29 is 14.1 Å². The Balaban J connectivity index is 2.00. The van der Waals surface area contributed by atoms with Gasteiger partial charge in [0.05, 0.1) is 11.6 Å². The van der Waals surface area contributed by atoms with Gasteiger partial charge >= 0.3 is 6.09 Å². The van der Waals surface area contributed by atoms with Gasteiger partial charge < -0.3 is 19.9 Å². The first kappa shape index (κ1) is 27.5. The van der Waals surface area contributed by atoms with E-state index >= 15 is 0 Å². The second kappa shape index (κ2) is 10.9. The molecule has 3 rings (SSSR count). The maximum absolute atomic E-state index is 13.3. The van der Waals surface area contributed by atoms with Crippen LogP contribution in [-0.2, 0) is 22.5 Å². The quantitative estimate of drug-likeness (QED) is 0.543. The SMILES string of the molecule is CC(C)(C)OC(=O)N1CCC[C@](CN)(N[S+]([O-])C(C)(C)C)[C@H]1Cc1cccc(-c2ccccc2)c1. The maximum Gasteiger partial charge on any atom is 0.410 e. The Bertz CT molecular complexity index is 987. The fourth-order valence-electron chi connectivity index (χ4n) is 4.50. The van der Waals surface area contributed by atoms with Gasteiger partial charge in [0.1, 0.15) is 10.3 Å². The second-order valence-corrected chi connectivity index (χ2v) is 13.4. The number of nitrogens with zero attached hydrogens (tertiary/aromatic N) is 1. The van der Waals surface area contributed by atoms with Gasteiger partial charge in [-0.05, 0) is 77.5 Å². The average molecular weight is 500 g/mol. The molecule has 7 heteroatoms. The molecule has 1 saturated heterocycles. The van der Waals surface area contributed by atoms with E-state index in [4.69, 9.17) is 10.5 Å². The molecule has 0 aliphatic carbocycles. The van der Waals surface area contributed by atoms with E-state index in [-0.39, 0.29) is 18.7 Å². The Morgan fingerprint density at radius 1 is 1.11 bits per heavy atom. The number of ether oxygens (including phenoxy) is 1. The van der Waals surface area contributed by atoms with E-state index in [0.717, 1.165) is 29.5 Å². The van der Waals surface area contributed by atoms with Crippen molar-refractivity contribution in [2.24, 2.45) is 5.73 Å². The van der Waals surface area contributed by atoms with Crippen molar-refractivity contribution in [1.82, 2.24) is 9.62 Å². The summed E-state index contributed by atoms with van der Waals surface area (Å²) < 4.78 is 22.0. The molecule has 192 valence electrons. The van der Waals surface area contributed by atoms with E-state index in [1.807, 2.05) is 65.8 Å². The van der Waals surface area contributed by atoms with Crippen LogP contribution in [0.5, 0.6) is 0 Å². The first-order valence-electron chi connectivity index (χ1n) is 12.4. The minimum atomic E-state index is -1.34. The van der Waals surface area contributed by atoms with E-state index in [2.05, 4.69) is 35.1 Å². The van der Waals surface area contributed by atoms with Gasteiger partial charge in [-0.25, -0.2) is 4.79 Å². The van der Waals surface area contributed by atoms with Gasteiger partial charge in [-0.3, -0.25) is 0 Å². The van der Waals surface area contributed by atoms with E-state index in [1.165, 1.54) is 0 Å². The predicted octanol–water partition coefficient (Wildman–Crippen LogP) is 5.04. The summed E-state index contributed by atoms with van der Waals surface area (Å²) in [5.74, 6) is 0. The molecular formula is C28H41N3O3S. The van der Waals surface area contributed by atoms with Crippen LogP contribution < -0.4 is 10.5 Å². The van der Waals surface area contributed by atoms with Gasteiger partial charge in [0.15, 0.2) is 0 Å². The van der Waals surface area contributed by atoms with Gasteiger partial charge in [0.25, 0.3) is 0 Å². The van der Waals surface area contributed by atoms with Gasteiger partial charge in [-0.1, -0.05) is 54.6 Å². The van der Waals surface area contributed by atoms with Crippen LogP contribution in [0.25, 0.3) is 11.1 Å². The molecule has 0 aromatic heterocycles. The Morgan fingerprint density at radius 2 is 1.77 bits per heavy atom. The highest BCUT2D eigenvalue weighted by Gasteiger charge is 2.50. The number of hydrogen-bond donors (Lipinski definition) is 2. The number of likely N-dealkylation sites (tertiary alicyclic amines) is 1. The standard InChI is InChI=1S/C28H41N3O3S/c1-26(2,3)34-25(32)31-17-11-16-28(20-29,30-35(33)27(4,5)6)24(31)19-21-12-10-15-23(18-21)22-13-8-7-9-14-22/h7-10,12-15,18,24,30H,11,16-17,19-20,29H2,1-6H3/t24-,28-,35?/m1/s1. The van der Waals surface area contributed by atoms with Crippen LogP contribution in [0.3, 0.4) is 0 Å². The molecule has 2 aromatic carbocycles. The van der Waals surface area contributed by atoms with E-state index in [0.29, 0.717) is 13.0 Å². The highest BCUT2D eigenvalue weighted by atomic mass is 32.2. The molecule has 3 N–H and O–H groups in total. The van der Waals surface area contributed by atoms with Gasteiger partial charge in [-0.2, -0.15) is 0 Å². The number of amides is 1. The number of rotatable bonds is 6. The largest absolute Gasteiger partial charge is 0.598 e. The van der Waals surface area contributed by atoms with Crippen LogP contribution in [-0.4, -0.2) is 50.6 Å². The molecule has 3 atom stereocenters. The monoisotopic (exact) mass is 499 g/mol. The molecule has 1 unspecified atom stereocenters. The summed E-state index contributed by atoms with van der Waals surface area (Å²) >= 11 is -1.34. The first-order valence-corrected chi connectivity index (χ1v) is 13.5. The number of hydrogen-bond acceptors (Lipinski definition) is 5. The second-order valence-electron chi connectivity index (χ2n) is 11.4. The molecule has 0 spiro atoms. The molecule has 1 aliphatic heterocycles. The molecule has 1 aliphatic rings. The van der Waals surface area contributed by atoms with Crippen LogP contribution in [0, 0.1) is 0 Å². The smallest absolute Gasteiger partial charge is 0.410 e. The summed E-state index contributed by atoms with van der Waals surface area (Å²) in [6, 6.07) is 18.3. The lowest BCUT2D eigenvalue weighted by Gasteiger charge is -2.50. The summed E-state index contributed by atoms with van der Waals surface area (Å²) in [6.45, 7) is 12.3. The van der Waals surface area contributed by atoms with Crippen molar-refractivity contribution in [2.45, 2.75) is 82.7 Å². The first-order chi connectivity index (χ1) is 16.3. The summed E-state index contributed by atoms with van der Waals surface area (Å²) in [6.07, 6.45) is 1.70. The Labute approximate surface area is 213 Å². The summed E-state index contributed by atoms with van der Waals surface area (Å²) in [5, 5.41) is 0.